The van der Waals surface area contributed by atoms with Gasteiger partial charge in [0.05, 0.1) is 28.3 Å². The van der Waals surface area contributed by atoms with E-state index in [1.165, 1.54) is 33.8 Å². The van der Waals surface area contributed by atoms with Gasteiger partial charge < -0.3 is 4.40 Å². The van der Waals surface area contributed by atoms with Crippen LogP contribution in [0.4, 0.5) is 4.39 Å². The predicted octanol–water partition coefficient (Wildman–Crippen LogP) is 7.73. The number of pyridine rings is 2. The van der Waals surface area contributed by atoms with Gasteiger partial charge in [-0.3, -0.25) is 4.98 Å². The summed E-state index contributed by atoms with van der Waals surface area (Å²) in [5, 5.41) is 5.03. The second-order valence-electron chi connectivity index (χ2n) is 10.2. The van der Waals surface area contributed by atoms with Gasteiger partial charge in [0.1, 0.15) is 5.82 Å². The summed E-state index contributed by atoms with van der Waals surface area (Å²) in [4.78, 5) is 4.59. The minimum absolute atomic E-state index is 0.216. The molecule has 0 unspecified atom stereocenters. The van der Waals surface area contributed by atoms with Crippen LogP contribution in [0.2, 0.25) is 0 Å². The largest absolute Gasteiger partial charge is 0.308 e. The third-order valence-electron chi connectivity index (χ3n) is 6.45. The monoisotopic (exact) mass is 408 g/mol. The highest BCUT2D eigenvalue weighted by molar-refractivity contribution is 6.27. The molecule has 0 aliphatic carbocycles. The Kier molecular flexibility index (Phi) is 3.56. The average Bonchev–Trinajstić information content (AvgIpc) is 3.01. The number of hydrogen-bond acceptors (Lipinski definition) is 1. The molecule has 0 aliphatic rings. The summed E-state index contributed by atoms with van der Waals surface area (Å²) >= 11 is 0. The molecule has 0 fully saturated rings. The van der Waals surface area contributed by atoms with E-state index in [1.54, 1.807) is 0 Å². The van der Waals surface area contributed by atoms with Gasteiger partial charge in [0.25, 0.3) is 0 Å². The molecule has 0 aliphatic heterocycles. The second kappa shape index (κ2) is 5.94. The molecule has 6 aromatic rings. The minimum Gasteiger partial charge on any atom is -0.308 e. The molecule has 3 aromatic heterocycles. The van der Waals surface area contributed by atoms with Crippen LogP contribution in [0.3, 0.4) is 0 Å². The normalized spacial score (nSPS) is 13.0. The van der Waals surface area contributed by atoms with Crippen LogP contribution < -0.4 is 0 Å². The van der Waals surface area contributed by atoms with Crippen LogP contribution in [0.25, 0.3) is 49.0 Å². The van der Waals surface area contributed by atoms with E-state index in [0.717, 1.165) is 39.1 Å². The summed E-state index contributed by atoms with van der Waals surface area (Å²) in [5.41, 5.74) is 8.23. The van der Waals surface area contributed by atoms with Crippen LogP contribution in [-0.4, -0.2) is 9.38 Å². The van der Waals surface area contributed by atoms with E-state index >= 15 is 0 Å². The number of aromatic nitrogens is 2. The quantitative estimate of drug-likeness (QED) is 0.201. The fourth-order valence-electron chi connectivity index (χ4n) is 5.45. The number of nitrogens with zero attached hydrogens (tertiary/aromatic N) is 2. The maximum atomic E-state index is 14.8. The molecule has 0 saturated heterocycles. The Hall–Kier alpha value is -3.20. The molecule has 6 rings (SSSR count). The van der Waals surface area contributed by atoms with Crippen molar-refractivity contribution in [2.45, 2.75) is 41.0 Å². The number of fused-ring (bicyclic) bond motifs is 6. The molecule has 0 spiro atoms. The Bertz CT molecular complexity index is 1660. The van der Waals surface area contributed by atoms with Gasteiger partial charge in [0.15, 0.2) is 0 Å². The lowest BCUT2D eigenvalue weighted by Gasteiger charge is -2.18. The van der Waals surface area contributed by atoms with Crippen molar-refractivity contribution in [1.29, 1.82) is 0 Å². The first kappa shape index (κ1) is 18.6. The number of hydrogen-bond donors (Lipinski definition) is 0. The van der Waals surface area contributed by atoms with Gasteiger partial charge in [-0.15, -0.1) is 0 Å². The molecule has 0 atom stereocenters. The number of aryl methyl sites for hydroxylation is 2. The molecule has 3 aromatic carbocycles. The number of benzene rings is 3. The highest BCUT2D eigenvalue weighted by atomic mass is 19.1. The van der Waals surface area contributed by atoms with Crippen molar-refractivity contribution in [3.63, 3.8) is 0 Å². The molecule has 31 heavy (non-hydrogen) atoms. The zero-order valence-electron chi connectivity index (χ0n) is 18.6. The maximum absolute atomic E-state index is 14.8. The molecule has 3 heteroatoms. The molecule has 0 bridgehead atoms. The fourth-order valence-corrected chi connectivity index (χ4v) is 5.45. The van der Waals surface area contributed by atoms with E-state index in [0.29, 0.717) is 5.39 Å². The van der Waals surface area contributed by atoms with Gasteiger partial charge in [0, 0.05) is 26.9 Å². The van der Waals surface area contributed by atoms with Crippen molar-refractivity contribution in [2.24, 2.45) is 5.41 Å². The first-order valence-electron chi connectivity index (χ1n) is 10.9. The first-order chi connectivity index (χ1) is 14.7. The van der Waals surface area contributed by atoms with Crippen molar-refractivity contribution in [2.75, 3.05) is 0 Å². The summed E-state index contributed by atoms with van der Waals surface area (Å²) in [7, 11) is 0. The smallest absolute Gasteiger partial charge is 0.149 e. The van der Waals surface area contributed by atoms with Crippen molar-refractivity contribution in [3.05, 3.63) is 71.2 Å². The van der Waals surface area contributed by atoms with Gasteiger partial charge in [0.2, 0.25) is 0 Å². The van der Waals surface area contributed by atoms with Gasteiger partial charge >= 0.3 is 0 Å². The van der Waals surface area contributed by atoms with E-state index in [-0.39, 0.29) is 11.2 Å². The predicted molar refractivity (Wildman–Crippen MR) is 129 cm³/mol. The standard InChI is InChI=1S/C28H25FN2/c1-15-10-16(2)26-21(11-15)25-24-19(22(29)14-30-25)8-7-18-20-12-17(13-28(3,4)5)6-9-23(20)31(26)27(18)24/h6-12,14H,13H2,1-5H3. The van der Waals surface area contributed by atoms with Crippen molar-refractivity contribution < 1.29 is 4.39 Å². The van der Waals surface area contributed by atoms with Crippen molar-refractivity contribution in [3.8, 4) is 0 Å². The number of halogens is 1. The summed E-state index contributed by atoms with van der Waals surface area (Å²) in [5.74, 6) is -0.265. The number of rotatable bonds is 1. The lowest BCUT2D eigenvalue weighted by molar-refractivity contribution is 0.411. The van der Waals surface area contributed by atoms with Crippen LogP contribution in [0.1, 0.15) is 37.5 Å². The van der Waals surface area contributed by atoms with Gasteiger partial charge in [-0.2, -0.15) is 0 Å². The first-order valence-corrected chi connectivity index (χ1v) is 10.9. The highest BCUT2D eigenvalue weighted by Gasteiger charge is 2.22. The molecule has 0 N–H and O–H groups in total. The third kappa shape index (κ3) is 2.52. The van der Waals surface area contributed by atoms with Crippen molar-refractivity contribution in [1.82, 2.24) is 9.38 Å². The topological polar surface area (TPSA) is 17.3 Å². The van der Waals surface area contributed by atoms with E-state index in [2.05, 4.69) is 80.4 Å². The maximum Gasteiger partial charge on any atom is 0.149 e. The molecule has 2 nitrogen and oxygen atoms in total. The average molecular weight is 409 g/mol. The second-order valence-corrected chi connectivity index (χ2v) is 10.2. The highest BCUT2D eigenvalue weighted by Crippen LogP contribution is 2.42. The van der Waals surface area contributed by atoms with Crippen LogP contribution >= 0.6 is 0 Å². The zero-order valence-corrected chi connectivity index (χ0v) is 18.6. The van der Waals surface area contributed by atoms with Gasteiger partial charge in [-0.05, 0) is 55.0 Å². The molecule has 3 heterocycles. The third-order valence-corrected chi connectivity index (χ3v) is 6.45. The van der Waals surface area contributed by atoms with Crippen LogP contribution in [0.15, 0.2) is 48.7 Å². The Balaban J connectivity index is 1.91. The Morgan fingerprint density at radius 1 is 0.871 bits per heavy atom. The fraction of sp³-hybridized carbons (Fsp3) is 0.250. The van der Waals surface area contributed by atoms with Crippen LogP contribution in [0, 0.1) is 25.1 Å². The van der Waals surface area contributed by atoms with E-state index in [9.17, 15) is 4.39 Å². The minimum atomic E-state index is -0.265. The van der Waals surface area contributed by atoms with Crippen molar-refractivity contribution >= 4 is 49.0 Å². The molecular weight excluding hydrogens is 383 g/mol. The SMILES string of the molecule is Cc1cc(C)c2c(c1)c1ncc(F)c3ccc4c5cc(CC(C)(C)C)ccc5n2c4c31. The lowest BCUT2D eigenvalue weighted by Crippen LogP contribution is -2.08. The molecule has 154 valence electrons. The van der Waals surface area contributed by atoms with E-state index in [1.807, 2.05) is 6.07 Å². The zero-order chi connectivity index (χ0) is 21.7. The Morgan fingerprint density at radius 3 is 2.42 bits per heavy atom. The van der Waals surface area contributed by atoms with E-state index < -0.39 is 0 Å². The van der Waals surface area contributed by atoms with Crippen LogP contribution in [-0.2, 0) is 6.42 Å². The summed E-state index contributed by atoms with van der Waals surface area (Å²) < 4.78 is 17.2. The van der Waals surface area contributed by atoms with E-state index in [4.69, 9.17) is 0 Å². The molecule has 0 amide bonds. The molecular formula is C28H25FN2. The lowest BCUT2D eigenvalue weighted by atomic mass is 9.88. The Morgan fingerprint density at radius 2 is 1.65 bits per heavy atom. The summed E-state index contributed by atoms with van der Waals surface area (Å²) in [6.07, 6.45) is 2.38. The summed E-state index contributed by atoms with van der Waals surface area (Å²) in [6.45, 7) is 11.1. The molecule has 0 saturated carbocycles. The van der Waals surface area contributed by atoms with Gasteiger partial charge in [-0.1, -0.05) is 50.6 Å². The summed E-state index contributed by atoms with van der Waals surface area (Å²) in [6, 6.07) is 15.2. The molecule has 0 radical (unpaired) electrons. The van der Waals surface area contributed by atoms with Gasteiger partial charge in [-0.25, -0.2) is 4.39 Å². The van der Waals surface area contributed by atoms with Crippen LogP contribution in [0.5, 0.6) is 0 Å². The Labute approximate surface area is 180 Å².